The van der Waals surface area contributed by atoms with Crippen LogP contribution in [0.25, 0.3) is 0 Å². The fourth-order valence-electron chi connectivity index (χ4n) is 1.64. The zero-order valence-electron chi connectivity index (χ0n) is 8.25. The quantitative estimate of drug-likeness (QED) is 0.658. The van der Waals surface area contributed by atoms with Crippen LogP contribution >= 0.6 is 0 Å². The Balaban J connectivity index is 2.36. The summed E-state index contributed by atoms with van der Waals surface area (Å²) in [5.74, 6) is -0.451. The van der Waals surface area contributed by atoms with E-state index in [0.29, 0.717) is 6.42 Å². The molecule has 1 aliphatic heterocycles. The molecule has 4 nitrogen and oxygen atoms in total. The number of primary amides is 1. The van der Waals surface area contributed by atoms with Gasteiger partial charge >= 0.3 is 0 Å². The van der Waals surface area contributed by atoms with E-state index < -0.39 is 11.9 Å². The molecule has 1 rings (SSSR count). The van der Waals surface area contributed by atoms with Crippen LogP contribution in [0.15, 0.2) is 0 Å². The van der Waals surface area contributed by atoms with Crippen LogP contribution in [0.4, 0.5) is 0 Å². The van der Waals surface area contributed by atoms with Gasteiger partial charge in [0.2, 0.25) is 5.91 Å². The topological polar surface area (TPSA) is 78.3 Å². The van der Waals surface area contributed by atoms with Gasteiger partial charge in [0.25, 0.3) is 0 Å². The number of ether oxygens (including phenoxy) is 1. The van der Waals surface area contributed by atoms with Crippen molar-refractivity contribution in [3.63, 3.8) is 0 Å². The highest BCUT2D eigenvalue weighted by Crippen LogP contribution is 2.31. The van der Waals surface area contributed by atoms with Crippen molar-refractivity contribution in [2.45, 2.75) is 50.9 Å². The molecule has 0 aliphatic carbocycles. The Kier molecular flexibility index (Phi) is 2.93. The van der Waals surface area contributed by atoms with E-state index in [1.54, 1.807) is 0 Å². The molecule has 1 amide bonds. The van der Waals surface area contributed by atoms with Crippen LogP contribution < -0.4 is 11.5 Å². The lowest BCUT2D eigenvalue weighted by Gasteiger charge is -2.20. The lowest BCUT2D eigenvalue weighted by atomic mass is 10.0. The number of nitrogens with two attached hydrogens (primary N) is 2. The van der Waals surface area contributed by atoms with Crippen LogP contribution in [0.3, 0.4) is 0 Å². The second-order valence-corrected chi connectivity index (χ2v) is 4.28. The molecular weight excluding hydrogens is 168 g/mol. The van der Waals surface area contributed by atoms with Crippen LogP contribution in [0.1, 0.15) is 33.1 Å². The van der Waals surface area contributed by atoms with Crippen molar-refractivity contribution in [3.05, 3.63) is 0 Å². The number of carbonyl (C=O) groups is 1. The second kappa shape index (κ2) is 3.64. The Morgan fingerprint density at radius 1 is 1.69 bits per heavy atom. The van der Waals surface area contributed by atoms with Gasteiger partial charge in [0.1, 0.15) is 0 Å². The van der Waals surface area contributed by atoms with Crippen molar-refractivity contribution in [2.24, 2.45) is 11.5 Å². The normalized spacial score (nSPS) is 28.7. The minimum absolute atomic E-state index is 0.0674. The van der Waals surface area contributed by atoms with Gasteiger partial charge < -0.3 is 16.2 Å². The predicted molar refractivity (Wildman–Crippen MR) is 50.0 cm³/mol. The van der Waals surface area contributed by atoms with E-state index in [2.05, 4.69) is 0 Å². The monoisotopic (exact) mass is 186 g/mol. The van der Waals surface area contributed by atoms with E-state index in [4.69, 9.17) is 16.2 Å². The molecule has 0 saturated carbocycles. The van der Waals surface area contributed by atoms with Crippen molar-refractivity contribution in [1.29, 1.82) is 0 Å². The zero-order valence-corrected chi connectivity index (χ0v) is 8.25. The van der Waals surface area contributed by atoms with Gasteiger partial charge in [-0.1, -0.05) is 0 Å². The molecule has 1 saturated heterocycles. The van der Waals surface area contributed by atoms with Gasteiger partial charge in [-0.05, 0) is 33.1 Å². The molecule has 0 aromatic heterocycles. The molecule has 0 radical (unpaired) electrons. The molecule has 2 unspecified atom stereocenters. The Bertz CT molecular complexity index is 204. The van der Waals surface area contributed by atoms with Crippen LogP contribution in [-0.4, -0.2) is 23.7 Å². The van der Waals surface area contributed by atoms with Crippen molar-refractivity contribution < 1.29 is 9.53 Å². The summed E-state index contributed by atoms with van der Waals surface area (Å²) in [6.07, 6.45) is 2.62. The van der Waals surface area contributed by atoms with E-state index in [-0.39, 0.29) is 11.7 Å². The number of rotatable bonds is 3. The maximum Gasteiger partial charge on any atom is 0.234 e. The van der Waals surface area contributed by atoms with Crippen molar-refractivity contribution in [1.82, 2.24) is 0 Å². The molecule has 4 heteroatoms. The van der Waals surface area contributed by atoms with Gasteiger partial charge in [-0.2, -0.15) is 0 Å². The summed E-state index contributed by atoms with van der Waals surface area (Å²) in [5, 5.41) is 0. The number of carbonyl (C=O) groups excluding carboxylic acids is 1. The lowest BCUT2D eigenvalue weighted by molar-refractivity contribution is -0.120. The Morgan fingerprint density at radius 2 is 2.31 bits per heavy atom. The number of hydrogen-bond acceptors (Lipinski definition) is 3. The average molecular weight is 186 g/mol. The molecule has 13 heavy (non-hydrogen) atoms. The molecule has 1 heterocycles. The first kappa shape index (κ1) is 10.5. The Labute approximate surface area is 78.6 Å². The Hall–Kier alpha value is -0.610. The lowest BCUT2D eigenvalue weighted by Crippen LogP contribution is -2.39. The van der Waals surface area contributed by atoms with Gasteiger partial charge in [-0.25, -0.2) is 0 Å². The summed E-state index contributed by atoms with van der Waals surface area (Å²) in [4.78, 5) is 10.7. The van der Waals surface area contributed by atoms with Crippen LogP contribution in [0, 0.1) is 0 Å². The molecule has 76 valence electrons. The molecular formula is C9H18N2O2. The molecule has 4 N–H and O–H groups in total. The summed E-state index contributed by atoms with van der Waals surface area (Å²) in [6, 6.07) is -0.570. The standard InChI is InChI=1S/C9H18N2O2/c1-9(2)4-3-6(13-9)5-7(10)8(11)12/h6-7H,3-5,10H2,1-2H3,(H2,11,12). The third-order valence-electron chi connectivity index (χ3n) is 2.44. The number of hydrogen-bond donors (Lipinski definition) is 2. The largest absolute Gasteiger partial charge is 0.372 e. The molecule has 0 aromatic rings. The van der Waals surface area contributed by atoms with E-state index >= 15 is 0 Å². The average Bonchev–Trinajstić information content (AvgIpc) is 2.30. The molecule has 0 aromatic carbocycles. The molecule has 1 aliphatic rings. The van der Waals surface area contributed by atoms with Crippen LogP contribution in [-0.2, 0) is 9.53 Å². The first-order valence-corrected chi connectivity index (χ1v) is 4.63. The first-order valence-electron chi connectivity index (χ1n) is 4.63. The summed E-state index contributed by atoms with van der Waals surface area (Å²) >= 11 is 0. The molecule has 2 atom stereocenters. The SMILES string of the molecule is CC1(C)CCC(CC(N)C(N)=O)O1. The minimum atomic E-state index is -0.570. The molecule has 1 fully saturated rings. The zero-order chi connectivity index (χ0) is 10.1. The minimum Gasteiger partial charge on any atom is -0.372 e. The first-order chi connectivity index (χ1) is 5.91. The van der Waals surface area contributed by atoms with Crippen molar-refractivity contribution in [2.75, 3.05) is 0 Å². The summed E-state index contributed by atoms with van der Waals surface area (Å²) < 4.78 is 5.68. The van der Waals surface area contributed by atoms with E-state index in [1.807, 2.05) is 13.8 Å². The van der Waals surface area contributed by atoms with Gasteiger partial charge in [0.15, 0.2) is 0 Å². The maximum absolute atomic E-state index is 10.7. The van der Waals surface area contributed by atoms with Crippen molar-refractivity contribution >= 4 is 5.91 Å². The van der Waals surface area contributed by atoms with Crippen LogP contribution in [0.5, 0.6) is 0 Å². The maximum atomic E-state index is 10.7. The Morgan fingerprint density at radius 3 is 2.69 bits per heavy atom. The highest BCUT2D eigenvalue weighted by atomic mass is 16.5. The van der Waals surface area contributed by atoms with Crippen molar-refractivity contribution in [3.8, 4) is 0 Å². The summed E-state index contributed by atoms with van der Waals surface area (Å²) in [7, 11) is 0. The smallest absolute Gasteiger partial charge is 0.234 e. The molecule has 0 bridgehead atoms. The fraction of sp³-hybridized carbons (Fsp3) is 0.889. The van der Waals surface area contributed by atoms with Gasteiger partial charge in [0.05, 0.1) is 17.7 Å². The van der Waals surface area contributed by atoms with Gasteiger partial charge in [-0.15, -0.1) is 0 Å². The third-order valence-corrected chi connectivity index (χ3v) is 2.44. The van der Waals surface area contributed by atoms with Gasteiger partial charge in [0, 0.05) is 0 Å². The highest BCUT2D eigenvalue weighted by Gasteiger charge is 2.33. The highest BCUT2D eigenvalue weighted by molar-refractivity contribution is 5.79. The summed E-state index contributed by atoms with van der Waals surface area (Å²) in [5.41, 5.74) is 10.5. The van der Waals surface area contributed by atoms with Gasteiger partial charge in [-0.3, -0.25) is 4.79 Å². The van der Waals surface area contributed by atoms with Crippen LogP contribution in [0.2, 0.25) is 0 Å². The second-order valence-electron chi connectivity index (χ2n) is 4.28. The van der Waals surface area contributed by atoms with E-state index in [0.717, 1.165) is 12.8 Å². The van der Waals surface area contributed by atoms with E-state index in [1.165, 1.54) is 0 Å². The third kappa shape index (κ3) is 2.97. The predicted octanol–water partition coefficient (Wildman–Crippen LogP) is 0.147. The number of amides is 1. The van der Waals surface area contributed by atoms with E-state index in [9.17, 15) is 4.79 Å². The molecule has 0 spiro atoms. The summed E-state index contributed by atoms with van der Waals surface area (Å²) in [6.45, 7) is 4.09. The fourth-order valence-corrected chi connectivity index (χ4v) is 1.64.